The van der Waals surface area contributed by atoms with Crippen molar-refractivity contribution < 1.29 is 13.2 Å². The van der Waals surface area contributed by atoms with Gasteiger partial charge >= 0.3 is 0 Å². The van der Waals surface area contributed by atoms with Crippen LogP contribution in [0.5, 0.6) is 0 Å². The summed E-state index contributed by atoms with van der Waals surface area (Å²) < 4.78 is 24.8. The molecule has 0 fully saturated rings. The lowest BCUT2D eigenvalue weighted by Gasteiger charge is -2.12. The van der Waals surface area contributed by atoms with E-state index < -0.39 is 10.0 Å². The summed E-state index contributed by atoms with van der Waals surface area (Å²) in [6, 6.07) is 5.80. The highest BCUT2D eigenvalue weighted by Gasteiger charge is 2.16. The van der Waals surface area contributed by atoms with E-state index in [1.807, 2.05) is 0 Å². The maximum absolute atomic E-state index is 11.8. The molecule has 0 heterocycles. The van der Waals surface area contributed by atoms with Gasteiger partial charge in [0.05, 0.1) is 4.90 Å². The van der Waals surface area contributed by atoms with Crippen LogP contribution < -0.4 is 11.1 Å². The van der Waals surface area contributed by atoms with E-state index in [4.69, 9.17) is 5.73 Å². The number of sulfonamides is 1. The van der Waals surface area contributed by atoms with E-state index in [1.165, 1.54) is 26.2 Å². The van der Waals surface area contributed by atoms with E-state index in [2.05, 4.69) is 5.32 Å². The Bertz CT molecular complexity index is 536. The Kier molecular flexibility index (Phi) is 5.04. The molecule has 106 valence electrons. The van der Waals surface area contributed by atoms with Gasteiger partial charge in [-0.2, -0.15) is 0 Å². The highest BCUT2D eigenvalue weighted by molar-refractivity contribution is 7.89. The Morgan fingerprint density at radius 2 is 1.84 bits per heavy atom. The first-order valence-electron chi connectivity index (χ1n) is 5.81. The molecule has 0 saturated carbocycles. The third-order valence-electron chi connectivity index (χ3n) is 2.42. The van der Waals surface area contributed by atoms with E-state index >= 15 is 0 Å². The molecule has 1 aromatic rings. The molecule has 0 aliphatic heterocycles. The summed E-state index contributed by atoms with van der Waals surface area (Å²) in [5, 5.41) is 2.65. The van der Waals surface area contributed by atoms with Crippen LogP contribution in [0.4, 0.5) is 5.69 Å². The molecule has 0 saturated heterocycles. The van der Waals surface area contributed by atoms with Crippen LogP contribution in [-0.4, -0.2) is 38.8 Å². The molecule has 0 aliphatic rings. The lowest BCUT2D eigenvalue weighted by atomic mass is 10.2. The summed E-state index contributed by atoms with van der Waals surface area (Å²) in [4.78, 5) is 11.7. The first-order chi connectivity index (χ1) is 8.73. The number of nitrogens with zero attached hydrogens (tertiary/aromatic N) is 1. The second kappa shape index (κ2) is 6.14. The van der Waals surface area contributed by atoms with Crippen LogP contribution in [0.1, 0.15) is 13.3 Å². The van der Waals surface area contributed by atoms with Crippen molar-refractivity contribution in [2.75, 3.05) is 19.4 Å². The van der Waals surface area contributed by atoms with Gasteiger partial charge < -0.3 is 11.1 Å². The Morgan fingerprint density at radius 1 is 1.32 bits per heavy atom. The Labute approximate surface area is 113 Å². The SMILES string of the molecule is CC(N)CC(=O)Nc1ccc(S(=O)(=O)N(C)C)cc1. The minimum absolute atomic E-state index is 0.183. The van der Waals surface area contributed by atoms with E-state index in [-0.39, 0.29) is 23.3 Å². The molecule has 0 aliphatic carbocycles. The third kappa shape index (κ3) is 4.30. The highest BCUT2D eigenvalue weighted by Crippen LogP contribution is 2.16. The number of benzene rings is 1. The molecular formula is C12H19N3O3S. The summed E-state index contributed by atoms with van der Waals surface area (Å²) in [6.45, 7) is 1.74. The lowest BCUT2D eigenvalue weighted by molar-refractivity contribution is -0.116. The summed E-state index contributed by atoms with van der Waals surface area (Å²) >= 11 is 0. The molecule has 1 aromatic carbocycles. The Hall–Kier alpha value is -1.44. The molecule has 0 radical (unpaired) electrons. The lowest BCUT2D eigenvalue weighted by Crippen LogP contribution is -2.24. The predicted molar refractivity (Wildman–Crippen MR) is 74.2 cm³/mol. The standard InChI is InChI=1S/C12H19N3O3S/c1-9(13)8-12(16)14-10-4-6-11(7-5-10)19(17,18)15(2)3/h4-7,9H,8,13H2,1-3H3,(H,14,16). The Balaban J connectivity index is 2.81. The van der Waals surface area contributed by atoms with Crippen LogP contribution in [-0.2, 0) is 14.8 Å². The number of hydrogen-bond donors (Lipinski definition) is 2. The van der Waals surface area contributed by atoms with E-state index in [1.54, 1.807) is 19.1 Å². The molecule has 0 spiro atoms. The number of amides is 1. The van der Waals surface area contributed by atoms with Gasteiger partial charge in [-0.15, -0.1) is 0 Å². The molecule has 3 N–H and O–H groups in total. The fourth-order valence-electron chi connectivity index (χ4n) is 1.43. The van der Waals surface area contributed by atoms with Crippen LogP contribution in [0.2, 0.25) is 0 Å². The van der Waals surface area contributed by atoms with Crippen LogP contribution in [0, 0.1) is 0 Å². The number of carbonyl (C=O) groups excluding carboxylic acids is 1. The van der Waals surface area contributed by atoms with Gasteiger partial charge in [0.1, 0.15) is 0 Å². The quantitative estimate of drug-likeness (QED) is 0.829. The molecule has 19 heavy (non-hydrogen) atoms. The van der Waals surface area contributed by atoms with Crippen LogP contribution in [0.25, 0.3) is 0 Å². The minimum Gasteiger partial charge on any atom is -0.327 e. The number of rotatable bonds is 5. The van der Waals surface area contributed by atoms with Gasteiger partial charge in [0.15, 0.2) is 0 Å². The van der Waals surface area contributed by atoms with Gasteiger partial charge in [0, 0.05) is 32.2 Å². The number of hydrogen-bond acceptors (Lipinski definition) is 4. The van der Waals surface area contributed by atoms with Crippen molar-refractivity contribution in [2.24, 2.45) is 5.73 Å². The van der Waals surface area contributed by atoms with Crippen molar-refractivity contribution in [3.05, 3.63) is 24.3 Å². The van der Waals surface area contributed by atoms with Crippen LogP contribution >= 0.6 is 0 Å². The summed E-state index contributed by atoms with van der Waals surface area (Å²) in [7, 11) is -0.509. The smallest absolute Gasteiger partial charge is 0.242 e. The van der Waals surface area contributed by atoms with Gasteiger partial charge in [-0.1, -0.05) is 0 Å². The van der Waals surface area contributed by atoms with Gasteiger partial charge in [-0.25, -0.2) is 12.7 Å². The van der Waals surface area contributed by atoms with Crippen molar-refractivity contribution in [3.8, 4) is 0 Å². The summed E-state index contributed by atoms with van der Waals surface area (Å²) in [5.74, 6) is -0.196. The number of anilines is 1. The number of carbonyl (C=O) groups is 1. The fourth-order valence-corrected chi connectivity index (χ4v) is 2.33. The van der Waals surface area contributed by atoms with Crippen molar-refractivity contribution >= 4 is 21.6 Å². The molecule has 7 heteroatoms. The number of nitrogens with one attached hydrogen (secondary N) is 1. The van der Waals surface area contributed by atoms with Crippen molar-refractivity contribution in [1.29, 1.82) is 0 Å². The topological polar surface area (TPSA) is 92.5 Å². The average Bonchev–Trinajstić information content (AvgIpc) is 2.28. The highest BCUT2D eigenvalue weighted by atomic mass is 32.2. The molecule has 1 amide bonds. The molecule has 0 aromatic heterocycles. The van der Waals surface area contributed by atoms with Gasteiger partial charge in [0.25, 0.3) is 0 Å². The molecule has 6 nitrogen and oxygen atoms in total. The normalized spacial score (nSPS) is 13.3. The maximum Gasteiger partial charge on any atom is 0.242 e. The molecule has 1 atom stereocenters. The number of nitrogens with two attached hydrogens (primary N) is 1. The second-order valence-corrected chi connectivity index (χ2v) is 6.69. The molecule has 1 rings (SSSR count). The second-order valence-electron chi connectivity index (χ2n) is 4.54. The average molecular weight is 285 g/mol. The molecule has 1 unspecified atom stereocenters. The minimum atomic E-state index is -3.44. The summed E-state index contributed by atoms with van der Waals surface area (Å²) in [5.41, 5.74) is 6.06. The van der Waals surface area contributed by atoms with E-state index in [9.17, 15) is 13.2 Å². The first kappa shape index (κ1) is 15.6. The van der Waals surface area contributed by atoms with Crippen LogP contribution in [0.3, 0.4) is 0 Å². The van der Waals surface area contributed by atoms with Crippen molar-refractivity contribution in [2.45, 2.75) is 24.3 Å². The zero-order valence-corrected chi connectivity index (χ0v) is 12.1. The van der Waals surface area contributed by atoms with Gasteiger partial charge in [-0.05, 0) is 31.2 Å². The predicted octanol–water partition coefficient (Wildman–Crippen LogP) is 0.613. The van der Waals surface area contributed by atoms with Crippen molar-refractivity contribution in [3.63, 3.8) is 0 Å². The zero-order chi connectivity index (χ0) is 14.6. The molecule has 0 bridgehead atoms. The molecular weight excluding hydrogens is 266 g/mol. The largest absolute Gasteiger partial charge is 0.327 e. The first-order valence-corrected chi connectivity index (χ1v) is 7.25. The fraction of sp³-hybridized carbons (Fsp3) is 0.417. The monoisotopic (exact) mass is 285 g/mol. The summed E-state index contributed by atoms with van der Waals surface area (Å²) in [6.07, 6.45) is 0.220. The maximum atomic E-state index is 11.8. The van der Waals surface area contributed by atoms with E-state index in [0.29, 0.717) is 5.69 Å². The van der Waals surface area contributed by atoms with Gasteiger partial charge in [0.2, 0.25) is 15.9 Å². The van der Waals surface area contributed by atoms with Gasteiger partial charge in [-0.3, -0.25) is 4.79 Å². The van der Waals surface area contributed by atoms with Crippen molar-refractivity contribution in [1.82, 2.24) is 4.31 Å². The zero-order valence-electron chi connectivity index (χ0n) is 11.3. The van der Waals surface area contributed by atoms with Crippen LogP contribution in [0.15, 0.2) is 29.2 Å². The Morgan fingerprint density at radius 3 is 2.26 bits per heavy atom. The van der Waals surface area contributed by atoms with E-state index in [0.717, 1.165) is 4.31 Å². The third-order valence-corrected chi connectivity index (χ3v) is 4.25.